The molecule has 1 aromatic heterocycles. The van der Waals surface area contributed by atoms with Gasteiger partial charge in [-0.25, -0.2) is 10.4 Å². The second-order valence-corrected chi connectivity index (χ2v) is 5.84. The van der Waals surface area contributed by atoms with Gasteiger partial charge in [0.15, 0.2) is 6.61 Å². The molecule has 9 nitrogen and oxygen atoms in total. The topological polar surface area (TPSA) is 115 Å². The van der Waals surface area contributed by atoms with Crippen LogP contribution in [-0.2, 0) is 16.1 Å². The lowest BCUT2D eigenvalue weighted by Crippen LogP contribution is -2.25. The lowest BCUT2D eigenvalue weighted by Gasteiger charge is -2.10. The van der Waals surface area contributed by atoms with E-state index in [1.807, 2.05) is 6.07 Å². The molecule has 0 bridgehead atoms. The number of hydrazone groups is 1. The monoisotopic (exact) mass is 398 g/mol. The first kappa shape index (κ1) is 21.7. The number of carbonyl (C=O) groups is 1. The molecule has 0 spiro atoms. The molecule has 0 aliphatic carbocycles. The second kappa shape index (κ2) is 10.6. The Labute approximate surface area is 168 Å². The van der Waals surface area contributed by atoms with E-state index in [1.54, 1.807) is 38.3 Å². The number of nitrogens with zero attached hydrogens (tertiary/aromatic N) is 3. The summed E-state index contributed by atoms with van der Waals surface area (Å²) in [7, 11) is 4.61. The maximum Gasteiger partial charge on any atom is 0.278 e. The van der Waals surface area contributed by atoms with Crippen LogP contribution in [0.15, 0.2) is 29.4 Å². The van der Waals surface area contributed by atoms with Crippen LogP contribution < -0.4 is 19.6 Å². The second-order valence-electron chi connectivity index (χ2n) is 5.84. The van der Waals surface area contributed by atoms with Crippen molar-refractivity contribution in [3.8, 4) is 23.4 Å². The fraction of sp³-hybridized carbons (Fsp3) is 0.300. The number of carbonyl (C=O) groups excluding carboxylic acids is 1. The summed E-state index contributed by atoms with van der Waals surface area (Å²) in [5.41, 5.74) is 4.50. The van der Waals surface area contributed by atoms with Crippen LogP contribution in [-0.4, -0.2) is 45.0 Å². The van der Waals surface area contributed by atoms with E-state index in [2.05, 4.69) is 15.5 Å². The van der Waals surface area contributed by atoms with Crippen molar-refractivity contribution in [3.05, 3.63) is 46.6 Å². The molecule has 1 N–H and O–H groups in total. The van der Waals surface area contributed by atoms with E-state index in [0.717, 1.165) is 0 Å². The highest BCUT2D eigenvalue weighted by molar-refractivity contribution is 5.86. The van der Waals surface area contributed by atoms with Gasteiger partial charge < -0.3 is 18.9 Å². The molecule has 0 fully saturated rings. The van der Waals surface area contributed by atoms with Gasteiger partial charge in [0.1, 0.15) is 23.1 Å². The standard InChI is InChI=1S/C20H22N4O5/c1-13-7-15(11-26-2)17(9-21)20(23-13)29-12-19(25)24-22-10-14-8-16(27-3)5-6-18(14)28-4/h5-8,10H,11-12H2,1-4H3,(H,24,25)/b22-10+. The van der Waals surface area contributed by atoms with Crippen molar-refractivity contribution >= 4 is 12.1 Å². The molecular weight excluding hydrogens is 376 g/mol. The Kier molecular flexibility index (Phi) is 7.94. The third-order valence-corrected chi connectivity index (χ3v) is 3.78. The van der Waals surface area contributed by atoms with Gasteiger partial charge in [0.25, 0.3) is 5.91 Å². The van der Waals surface area contributed by atoms with Crippen molar-refractivity contribution in [1.29, 1.82) is 5.26 Å². The molecule has 0 saturated carbocycles. The van der Waals surface area contributed by atoms with E-state index in [1.165, 1.54) is 20.4 Å². The molecule has 29 heavy (non-hydrogen) atoms. The maximum atomic E-state index is 12.0. The Morgan fingerprint density at radius 3 is 2.72 bits per heavy atom. The summed E-state index contributed by atoms with van der Waals surface area (Å²) < 4.78 is 20.9. The zero-order valence-corrected chi connectivity index (χ0v) is 16.7. The number of benzene rings is 1. The van der Waals surface area contributed by atoms with Crippen LogP contribution in [0, 0.1) is 18.3 Å². The first-order chi connectivity index (χ1) is 14.0. The zero-order valence-electron chi connectivity index (χ0n) is 16.7. The number of nitriles is 1. The molecule has 1 amide bonds. The highest BCUT2D eigenvalue weighted by Gasteiger charge is 2.14. The molecule has 1 heterocycles. The lowest BCUT2D eigenvalue weighted by molar-refractivity contribution is -0.123. The summed E-state index contributed by atoms with van der Waals surface area (Å²) in [4.78, 5) is 16.2. The number of nitrogens with one attached hydrogen (secondary N) is 1. The summed E-state index contributed by atoms with van der Waals surface area (Å²) in [6.07, 6.45) is 1.43. The zero-order chi connectivity index (χ0) is 21.2. The lowest BCUT2D eigenvalue weighted by atomic mass is 10.1. The Bertz CT molecular complexity index is 937. The van der Waals surface area contributed by atoms with Gasteiger partial charge in [0, 0.05) is 23.9 Å². The van der Waals surface area contributed by atoms with Crippen LogP contribution in [0.25, 0.3) is 0 Å². The van der Waals surface area contributed by atoms with Crippen LogP contribution in [0.2, 0.25) is 0 Å². The summed E-state index contributed by atoms with van der Waals surface area (Å²) in [5, 5.41) is 13.3. The fourth-order valence-corrected chi connectivity index (χ4v) is 2.48. The summed E-state index contributed by atoms with van der Waals surface area (Å²) >= 11 is 0. The molecule has 0 atom stereocenters. The van der Waals surface area contributed by atoms with Gasteiger partial charge in [0.05, 0.1) is 27.0 Å². The number of rotatable bonds is 9. The van der Waals surface area contributed by atoms with E-state index in [-0.39, 0.29) is 24.7 Å². The molecule has 152 valence electrons. The largest absolute Gasteiger partial charge is 0.497 e. The number of methoxy groups -OCH3 is 3. The summed E-state index contributed by atoms with van der Waals surface area (Å²) in [6, 6.07) is 8.97. The first-order valence-corrected chi connectivity index (χ1v) is 8.58. The van der Waals surface area contributed by atoms with E-state index >= 15 is 0 Å². The van der Waals surface area contributed by atoms with Gasteiger partial charge in [-0.3, -0.25) is 4.79 Å². The van der Waals surface area contributed by atoms with Crippen molar-refractivity contribution in [2.24, 2.45) is 5.10 Å². The summed E-state index contributed by atoms with van der Waals surface area (Å²) in [5.74, 6) is 0.772. The third-order valence-electron chi connectivity index (χ3n) is 3.78. The third kappa shape index (κ3) is 5.92. The van der Waals surface area contributed by atoms with Crippen LogP contribution in [0.4, 0.5) is 0 Å². The average molecular weight is 398 g/mol. The Hall–Kier alpha value is -3.64. The van der Waals surface area contributed by atoms with Crippen molar-refractivity contribution in [2.45, 2.75) is 13.5 Å². The Balaban J connectivity index is 2.03. The molecule has 0 radical (unpaired) electrons. The van der Waals surface area contributed by atoms with E-state index in [0.29, 0.717) is 28.3 Å². The molecular formula is C20H22N4O5. The maximum absolute atomic E-state index is 12.0. The quantitative estimate of drug-likeness (QED) is 0.507. The minimum atomic E-state index is -0.511. The minimum Gasteiger partial charge on any atom is -0.497 e. The fourth-order valence-electron chi connectivity index (χ4n) is 2.48. The van der Waals surface area contributed by atoms with Gasteiger partial charge in [-0.1, -0.05) is 0 Å². The number of aromatic nitrogens is 1. The van der Waals surface area contributed by atoms with Crippen molar-refractivity contribution in [3.63, 3.8) is 0 Å². The molecule has 0 saturated heterocycles. The van der Waals surface area contributed by atoms with E-state index in [9.17, 15) is 10.1 Å². The van der Waals surface area contributed by atoms with Gasteiger partial charge in [0.2, 0.25) is 5.88 Å². The van der Waals surface area contributed by atoms with Crippen LogP contribution >= 0.6 is 0 Å². The molecule has 9 heteroatoms. The van der Waals surface area contributed by atoms with Gasteiger partial charge in [-0.2, -0.15) is 10.4 Å². The van der Waals surface area contributed by atoms with Gasteiger partial charge in [-0.05, 0) is 31.2 Å². The average Bonchev–Trinajstić information content (AvgIpc) is 2.72. The minimum absolute atomic E-state index is 0.0770. The van der Waals surface area contributed by atoms with Crippen molar-refractivity contribution in [2.75, 3.05) is 27.9 Å². The predicted octanol–water partition coefficient (Wildman–Crippen LogP) is 1.95. The van der Waals surface area contributed by atoms with Crippen molar-refractivity contribution in [1.82, 2.24) is 10.4 Å². The molecule has 0 aliphatic rings. The van der Waals surface area contributed by atoms with Crippen LogP contribution in [0.1, 0.15) is 22.4 Å². The number of amides is 1. The number of ether oxygens (including phenoxy) is 4. The smallest absolute Gasteiger partial charge is 0.278 e. The molecule has 1 aromatic carbocycles. The van der Waals surface area contributed by atoms with Crippen LogP contribution in [0.3, 0.4) is 0 Å². The van der Waals surface area contributed by atoms with Gasteiger partial charge in [-0.15, -0.1) is 0 Å². The molecule has 0 aliphatic heterocycles. The first-order valence-electron chi connectivity index (χ1n) is 8.58. The number of hydrogen-bond donors (Lipinski definition) is 1. The van der Waals surface area contributed by atoms with Crippen molar-refractivity contribution < 1.29 is 23.7 Å². The molecule has 2 aromatic rings. The number of hydrogen-bond acceptors (Lipinski definition) is 8. The number of pyridine rings is 1. The Morgan fingerprint density at radius 2 is 2.07 bits per heavy atom. The predicted molar refractivity (Wildman–Crippen MR) is 105 cm³/mol. The SMILES string of the molecule is COCc1cc(C)nc(OCC(=O)N/N=C/c2cc(OC)ccc2OC)c1C#N. The van der Waals surface area contributed by atoms with Gasteiger partial charge >= 0.3 is 0 Å². The highest BCUT2D eigenvalue weighted by Crippen LogP contribution is 2.22. The van der Waals surface area contributed by atoms with E-state index in [4.69, 9.17) is 18.9 Å². The highest BCUT2D eigenvalue weighted by atomic mass is 16.5. The normalized spacial score (nSPS) is 10.4. The molecule has 2 rings (SSSR count). The number of aryl methyl sites for hydroxylation is 1. The summed E-state index contributed by atoms with van der Waals surface area (Å²) in [6.45, 7) is 1.64. The van der Waals surface area contributed by atoms with Crippen LogP contribution in [0.5, 0.6) is 17.4 Å². The Morgan fingerprint density at radius 1 is 1.28 bits per heavy atom. The molecule has 0 unspecified atom stereocenters. The van der Waals surface area contributed by atoms with E-state index < -0.39 is 5.91 Å².